The number of aryl methyl sites for hydroxylation is 1. The van der Waals surface area contributed by atoms with Gasteiger partial charge in [-0.1, -0.05) is 12.6 Å². The number of nitrogens with zero attached hydrogens (tertiary/aromatic N) is 1. The van der Waals surface area contributed by atoms with Gasteiger partial charge in [-0.2, -0.15) is 0 Å². The number of rotatable bonds is 4. The second kappa shape index (κ2) is 4.59. The number of benzene rings is 1. The average molecular weight is 207 g/mol. The molecule has 0 saturated heterocycles. The molecule has 1 rings (SSSR count). The van der Waals surface area contributed by atoms with Gasteiger partial charge in [-0.05, 0) is 31.1 Å². The minimum Gasteiger partial charge on any atom is -0.482 e. The molecule has 0 aliphatic carbocycles. The monoisotopic (exact) mass is 207 g/mol. The predicted molar refractivity (Wildman–Crippen MR) is 58.1 cm³/mol. The quantitative estimate of drug-likeness (QED) is 0.433. The Labute approximate surface area is 88.3 Å². The highest BCUT2D eigenvalue weighted by molar-refractivity contribution is 5.48. The van der Waals surface area contributed by atoms with Crippen LogP contribution in [0.15, 0.2) is 30.4 Å². The molecule has 0 spiro atoms. The molecule has 0 atom stereocenters. The topological polar surface area (TPSA) is 52.4 Å². The summed E-state index contributed by atoms with van der Waals surface area (Å²) in [5, 5.41) is 10.7. The normalized spacial score (nSPS) is 9.73. The second-order valence-corrected chi connectivity index (χ2v) is 3.47. The van der Waals surface area contributed by atoms with Crippen molar-refractivity contribution in [1.82, 2.24) is 0 Å². The van der Waals surface area contributed by atoms with Gasteiger partial charge in [0, 0.05) is 6.07 Å². The van der Waals surface area contributed by atoms with E-state index in [1.54, 1.807) is 26.0 Å². The molecule has 0 saturated carbocycles. The van der Waals surface area contributed by atoms with Gasteiger partial charge in [-0.3, -0.25) is 10.1 Å². The van der Waals surface area contributed by atoms with E-state index in [-0.39, 0.29) is 11.4 Å². The van der Waals surface area contributed by atoms with Crippen molar-refractivity contribution < 1.29 is 9.66 Å². The zero-order chi connectivity index (χ0) is 11.4. The highest BCUT2D eigenvalue weighted by Gasteiger charge is 2.14. The minimum atomic E-state index is -0.444. The van der Waals surface area contributed by atoms with E-state index in [9.17, 15) is 10.1 Å². The summed E-state index contributed by atoms with van der Waals surface area (Å²) in [6.07, 6.45) is 0. The fraction of sp³-hybridized carbons (Fsp3) is 0.273. The maximum atomic E-state index is 10.7. The van der Waals surface area contributed by atoms with E-state index in [1.807, 2.05) is 0 Å². The first-order valence-corrected chi connectivity index (χ1v) is 4.53. The summed E-state index contributed by atoms with van der Waals surface area (Å²) in [4.78, 5) is 10.3. The van der Waals surface area contributed by atoms with Gasteiger partial charge in [0.1, 0.15) is 6.61 Å². The lowest BCUT2D eigenvalue weighted by atomic mass is 10.2. The Hall–Kier alpha value is -1.84. The SMILES string of the molecule is C=C(C)COc1ccc(C)cc1[N+](=O)[O-]. The third-order valence-corrected chi connectivity index (χ3v) is 1.79. The molecule has 1 aromatic carbocycles. The summed E-state index contributed by atoms with van der Waals surface area (Å²) in [6.45, 7) is 7.57. The fourth-order valence-electron chi connectivity index (χ4n) is 1.09. The van der Waals surface area contributed by atoms with Crippen molar-refractivity contribution in [3.8, 4) is 5.75 Å². The van der Waals surface area contributed by atoms with Crippen LogP contribution in [-0.4, -0.2) is 11.5 Å². The van der Waals surface area contributed by atoms with Crippen LogP contribution in [0.4, 0.5) is 5.69 Å². The van der Waals surface area contributed by atoms with Crippen LogP contribution in [0.1, 0.15) is 12.5 Å². The van der Waals surface area contributed by atoms with Crippen molar-refractivity contribution in [3.05, 3.63) is 46.0 Å². The number of nitro benzene ring substituents is 1. The number of hydrogen-bond acceptors (Lipinski definition) is 3. The maximum absolute atomic E-state index is 10.7. The standard InChI is InChI=1S/C11H13NO3/c1-8(2)7-15-11-5-4-9(3)6-10(11)12(13)14/h4-6H,1,7H2,2-3H3. The lowest BCUT2D eigenvalue weighted by molar-refractivity contribution is -0.385. The molecule has 1 aromatic rings. The molecule has 0 aromatic heterocycles. The van der Waals surface area contributed by atoms with Crippen molar-refractivity contribution in [2.24, 2.45) is 0 Å². The molecule has 0 fully saturated rings. The van der Waals surface area contributed by atoms with Crippen LogP contribution >= 0.6 is 0 Å². The molecular weight excluding hydrogens is 194 g/mol. The molecule has 0 radical (unpaired) electrons. The highest BCUT2D eigenvalue weighted by Crippen LogP contribution is 2.27. The maximum Gasteiger partial charge on any atom is 0.311 e. The number of ether oxygens (including phenoxy) is 1. The Morgan fingerprint density at radius 3 is 2.80 bits per heavy atom. The van der Waals surface area contributed by atoms with Gasteiger partial charge < -0.3 is 4.74 Å². The van der Waals surface area contributed by atoms with Gasteiger partial charge >= 0.3 is 5.69 Å². The van der Waals surface area contributed by atoms with Crippen LogP contribution in [0.3, 0.4) is 0 Å². The molecule has 0 heterocycles. The molecule has 0 aliphatic heterocycles. The zero-order valence-corrected chi connectivity index (χ0v) is 8.82. The van der Waals surface area contributed by atoms with E-state index in [1.165, 1.54) is 6.07 Å². The van der Waals surface area contributed by atoms with Crippen LogP contribution in [0.2, 0.25) is 0 Å². The molecule has 80 valence electrons. The second-order valence-electron chi connectivity index (χ2n) is 3.47. The summed E-state index contributed by atoms with van der Waals surface area (Å²) in [5.41, 5.74) is 1.66. The van der Waals surface area contributed by atoms with E-state index in [4.69, 9.17) is 4.74 Å². The van der Waals surface area contributed by atoms with Crippen molar-refractivity contribution in [1.29, 1.82) is 0 Å². The fourth-order valence-corrected chi connectivity index (χ4v) is 1.09. The van der Waals surface area contributed by atoms with Crippen LogP contribution in [0.25, 0.3) is 0 Å². The summed E-state index contributed by atoms with van der Waals surface area (Å²) < 4.78 is 5.27. The van der Waals surface area contributed by atoms with Crippen LogP contribution in [0, 0.1) is 17.0 Å². The van der Waals surface area contributed by atoms with Crippen molar-refractivity contribution in [2.75, 3.05) is 6.61 Å². The summed E-state index contributed by atoms with van der Waals surface area (Å²) in [6, 6.07) is 4.88. The van der Waals surface area contributed by atoms with Gasteiger partial charge in [0.05, 0.1) is 4.92 Å². The van der Waals surface area contributed by atoms with Gasteiger partial charge in [0.2, 0.25) is 0 Å². The molecule has 0 unspecified atom stereocenters. The highest BCUT2D eigenvalue weighted by atomic mass is 16.6. The lowest BCUT2D eigenvalue weighted by Crippen LogP contribution is -2.01. The molecule has 0 amide bonds. The lowest BCUT2D eigenvalue weighted by Gasteiger charge is -2.06. The summed E-state index contributed by atoms with van der Waals surface area (Å²) in [5.74, 6) is 0.286. The third-order valence-electron chi connectivity index (χ3n) is 1.79. The average Bonchev–Trinajstić information content (AvgIpc) is 2.15. The van der Waals surface area contributed by atoms with Crippen molar-refractivity contribution in [2.45, 2.75) is 13.8 Å². The molecule has 0 aliphatic rings. The van der Waals surface area contributed by atoms with E-state index >= 15 is 0 Å². The first-order valence-electron chi connectivity index (χ1n) is 4.53. The zero-order valence-electron chi connectivity index (χ0n) is 8.82. The Morgan fingerprint density at radius 1 is 1.60 bits per heavy atom. The van der Waals surface area contributed by atoms with Crippen LogP contribution in [0.5, 0.6) is 5.75 Å². The Morgan fingerprint density at radius 2 is 2.27 bits per heavy atom. The van der Waals surface area contributed by atoms with Crippen LogP contribution < -0.4 is 4.74 Å². The minimum absolute atomic E-state index is 0.00347. The molecular formula is C11H13NO3. The molecule has 0 N–H and O–H groups in total. The van der Waals surface area contributed by atoms with E-state index in [0.717, 1.165) is 11.1 Å². The van der Waals surface area contributed by atoms with Crippen molar-refractivity contribution >= 4 is 5.69 Å². The Kier molecular flexibility index (Phi) is 3.44. The Bertz CT molecular complexity index is 399. The summed E-state index contributed by atoms with van der Waals surface area (Å²) in [7, 11) is 0. The van der Waals surface area contributed by atoms with Gasteiger partial charge in [0.15, 0.2) is 5.75 Å². The third kappa shape index (κ3) is 3.09. The van der Waals surface area contributed by atoms with E-state index < -0.39 is 4.92 Å². The van der Waals surface area contributed by atoms with E-state index in [2.05, 4.69) is 6.58 Å². The molecule has 4 heteroatoms. The number of nitro groups is 1. The first-order chi connectivity index (χ1) is 7.00. The smallest absolute Gasteiger partial charge is 0.311 e. The van der Waals surface area contributed by atoms with Gasteiger partial charge in [-0.15, -0.1) is 0 Å². The molecule has 4 nitrogen and oxygen atoms in total. The molecule has 0 bridgehead atoms. The summed E-state index contributed by atoms with van der Waals surface area (Å²) >= 11 is 0. The largest absolute Gasteiger partial charge is 0.482 e. The molecule has 15 heavy (non-hydrogen) atoms. The van der Waals surface area contributed by atoms with E-state index in [0.29, 0.717) is 6.61 Å². The van der Waals surface area contributed by atoms with Gasteiger partial charge in [-0.25, -0.2) is 0 Å². The Balaban J connectivity index is 2.95. The first kappa shape index (κ1) is 11.2. The van der Waals surface area contributed by atoms with Crippen LogP contribution in [-0.2, 0) is 0 Å². The van der Waals surface area contributed by atoms with Gasteiger partial charge in [0.25, 0.3) is 0 Å². The predicted octanol–water partition coefficient (Wildman–Crippen LogP) is 2.86. The van der Waals surface area contributed by atoms with Crippen molar-refractivity contribution in [3.63, 3.8) is 0 Å². The number of hydrogen-bond donors (Lipinski definition) is 0.